The first-order chi connectivity index (χ1) is 13.5. The smallest absolute Gasteiger partial charge is 0.256 e. The maximum Gasteiger partial charge on any atom is 0.256 e. The number of rotatable bonds is 1. The van der Waals surface area contributed by atoms with E-state index < -0.39 is 11.9 Å². The quantitative estimate of drug-likeness (QED) is 0.634. The molecule has 0 saturated carbocycles. The molecule has 0 saturated heterocycles. The van der Waals surface area contributed by atoms with Crippen LogP contribution >= 0.6 is 0 Å². The molecule has 0 unspecified atom stereocenters. The molecule has 4 rings (SSSR count). The maximum absolute atomic E-state index is 14.0. The number of nitrogens with one attached hydrogen (secondary N) is 2. The summed E-state index contributed by atoms with van der Waals surface area (Å²) in [6, 6.07) is 5.33. The van der Waals surface area contributed by atoms with E-state index in [1.165, 1.54) is 28.9 Å². The van der Waals surface area contributed by atoms with Crippen LogP contribution in [0.2, 0.25) is 0 Å². The van der Waals surface area contributed by atoms with Crippen LogP contribution < -0.4 is 15.4 Å². The molecule has 1 aliphatic heterocycles. The van der Waals surface area contributed by atoms with Crippen molar-refractivity contribution in [2.75, 3.05) is 18.4 Å². The molecule has 2 bridgehead atoms. The third-order valence-corrected chi connectivity index (χ3v) is 4.44. The average molecular weight is 380 g/mol. The van der Waals surface area contributed by atoms with E-state index in [1.54, 1.807) is 19.2 Å². The minimum atomic E-state index is -0.541. The molecular weight excluding hydrogens is 363 g/mol. The zero-order valence-electron chi connectivity index (χ0n) is 15.0. The van der Waals surface area contributed by atoms with E-state index in [0.717, 1.165) is 0 Å². The minimum absolute atomic E-state index is 0.0599. The Bertz CT molecular complexity index is 1090. The van der Waals surface area contributed by atoms with Gasteiger partial charge in [0.1, 0.15) is 35.1 Å². The van der Waals surface area contributed by atoms with Crippen LogP contribution in [0.3, 0.4) is 0 Å². The fraction of sp³-hybridized carbons (Fsp3) is 0.263. The molecule has 0 spiro atoms. The van der Waals surface area contributed by atoms with Crippen molar-refractivity contribution >= 4 is 17.4 Å². The highest BCUT2D eigenvalue weighted by Crippen LogP contribution is 2.30. The van der Waals surface area contributed by atoms with Crippen LogP contribution in [0.1, 0.15) is 28.9 Å². The Morgan fingerprint density at radius 3 is 3.11 bits per heavy atom. The number of carbonyl (C=O) groups excluding carboxylic acids is 1. The highest BCUT2D eigenvalue weighted by atomic mass is 19.1. The van der Waals surface area contributed by atoms with Crippen LogP contribution in [0.5, 0.6) is 5.75 Å². The predicted molar refractivity (Wildman–Crippen MR) is 99.6 cm³/mol. The molecule has 0 aliphatic carbocycles. The summed E-state index contributed by atoms with van der Waals surface area (Å²) in [5.74, 6) is 0.156. The van der Waals surface area contributed by atoms with Gasteiger partial charge in [0, 0.05) is 11.8 Å². The van der Waals surface area contributed by atoms with Crippen molar-refractivity contribution in [3.05, 3.63) is 65.0 Å². The zero-order chi connectivity index (χ0) is 19.7. The molecule has 142 valence electrons. The Kier molecular flexibility index (Phi) is 4.53. The number of hydrogen-bond donors (Lipinski definition) is 2. The molecule has 28 heavy (non-hydrogen) atoms. The van der Waals surface area contributed by atoms with E-state index in [1.807, 2.05) is 0 Å². The predicted octanol–water partition coefficient (Wildman–Crippen LogP) is 2.45. The van der Waals surface area contributed by atoms with E-state index in [0.29, 0.717) is 28.3 Å². The third-order valence-electron chi connectivity index (χ3n) is 4.44. The van der Waals surface area contributed by atoms with Crippen LogP contribution in [0.25, 0.3) is 10.5 Å². The fourth-order valence-electron chi connectivity index (χ4n) is 3.09. The second kappa shape index (κ2) is 7.15. The Hall–Kier alpha value is -3.67. The number of carbonyl (C=O) groups is 1. The second-order valence-electron chi connectivity index (χ2n) is 6.50. The van der Waals surface area contributed by atoms with Crippen LogP contribution in [0, 0.1) is 12.4 Å². The molecular formula is C19H17FN6O2. The van der Waals surface area contributed by atoms with Gasteiger partial charge < -0.3 is 20.2 Å². The summed E-state index contributed by atoms with van der Waals surface area (Å²) >= 11 is 0. The topological polar surface area (TPSA) is 84.9 Å². The number of benzene rings is 1. The molecule has 2 atom stereocenters. The summed E-state index contributed by atoms with van der Waals surface area (Å²) in [4.78, 5) is 20.5. The number of amides is 1. The standard InChI is InChI=1S/C19H17FN6O2/c1-11-8-22-19(27)14-9-23-26-6-5-17(25-18(14)26)24-15(10-21-2)13-7-12(20)3-4-16(13)28-11/h3-7,9,11,15H,8,10H2,1H3,(H,22,27)(H,24,25)/t11-,15+/m0/s1. The van der Waals surface area contributed by atoms with Gasteiger partial charge >= 0.3 is 0 Å². The van der Waals surface area contributed by atoms with Crippen molar-refractivity contribution < 1.29 is 13.9 Å². The molecule has 2 aromatic heterocycles. The number of hydrogen-bond acceptors (Lipinski definition) is 5. The van der Waals surface area contributed by atoms with Crippen molar-refractivity contribution in [1.29, 1.82) is 0 Å². The van der Waals surface area contributed by atoms with Crippen molar-refractivity contribution in [3.63, 3.8) is 0 Å². The second-order valence-corrected chi connectivity index (χ2v) is 6.50. The minimum Gasteiger partial charge on any atom is -0.489 e. The lowest BCUT2D eigenvalue weighted by atomic mass is 10.1. The lowest BCUT2D eigenvalue weighted by Crippen LogP contribution is -2.33. The van der Waals surface area contributed by atoms with Gasteiger partial charge in [-0.2, -0.15) is 5.10 Å². The molecule has 1 amide bonds. The number of fused-ring (bicyclic) bond motifs is 2. The van der Waals surface area contributed by atoms with Crippen molar-refractivity contribution in [1.82, 2.24) is 19.9 Å². The molecule has 1 aromatic carbocycles. The largest absolute Gasteiger partial charge is 0.489 e. The average Bonchev–Trinajstić information content (AvgIpc) is 3.10. The summed E-state index contributed by atoms with van der Waals surface area (Å²) in [5, 5.41) is 10.1. The summed E-state index contributed by atoms with van der Waals surface area (Å²) in [6.45, 7) is 9.39. The SMILES string of the molecule is [C-]#[N+]C[C@H]1Nc2ccn3ncc(c3n2)C(=O)NC[C@H](C)Oc2ccc(F)cc21. The van der Waals surface area contributed by atoms with Crippen LogP contribution in [-0.4, -0.2) is 39.7 Å². The summed E-state index contributed by atoms with van der Waals surface area (Å²) in [7, 11) is 0. The number of nitrogens with zero attached hydrogens (tertiary/aromatic N) is 4. The van der Waals surface area contributed by atoms with Gasteiger partial charge in [-0.25, -0.2) is 20.5 Å². The normalized spacial score (nSPS) is 19.2. The van der Waals surface area contributed by atoms with E-state index in [4.69, 9.17) is 11.3 Å². The highest BCUT2D eigenvalue weighted by Gasteiger charge is 2.24. The third kappa shape index (κ3) is 3.32. The first kappa shape index (κ1) is 17.7. The van der Waals surface area contributed by atoms with E-state index in [2.05, 4.69) is 25.6 Å². The summed E-state index contributed by atoms with van der Waals surface area (Å²) in [5.41, 5.74) is 1.24. The molecule has 0 fully saturated rings. The van der Waals surface area contributed by atoms with Crippen LogP contribution in [0.15, 0.2) is 36.7 Å². The molecule has 2 N–H and O–H groups in total. The molecule has 8 nitrogen and oxygen atoms in total. The Balaban J connectivity index is 1.85. The number of ether oxygens (including phenoxy) is 1. The first-order valence-electron chi connectivity index (χ1n) is 8.73. The van der Waals surface area contributed by atoms with Gasteiger partial charge in [0.15, 0.2) is 5.65 Å². The van der Waals surface area contributed by atoms with Gasteiger partial charge in [-0.3, -0.25) is 4.79 Å². The zero-order valence-corrected chi connectivity index (χ0v) is 15.0. The van der Waals surface area contributed by atoms with E-state index in [9.17, 15) is 9.18 Å². The number of aromatic nitrogens is 3. The van der Waals surface area contributed by atoms with Gasteiger partial charge in [-0.05, 0) is 31.2 Å². The Labute approximate surface area is 160 Å². The van der Waals surface area contributed by atoms with Gasteiger partial charge in [0.25, 0.3) is 5.91 Å². The van der Waals surface area contributed by atoms with Gasteiger partial charge in [0.2, 0.25) is 6.54 Å². The van der Waals surface area contributed by atoms with Crippen LogP contribution in [-0.2, 0) is 0 Å². The number of halogens is 1. The van der Waals surface area contributed by atoms with Crippen LogP contribution in [0.4, 0.5) is 10.2 Å². The molecule has 9 heteroatoms. The first-order valence-corrected chi connectivity index (χ1v) is 8.73. The van der Waals surface area contributed by atoms with E-state index in [-0.39, 0.29) is 25.1 Å². The Morgan fingerprint density at radius 1 is 1.43 bits per heavy atom. The van der Waals surface area contributed by atoms with E-state index >= 15 is 0 Å². The fourth-order valence-corrected chi connectivity index (χ4v) is 3.09. The monoisotopic (exact) mass is 380 g/mol. The van der Waals surface area contributed by atoms with Crippen molar-refractivity contribution in [3.8, 4) is 5.75 Å². The molecule has 3 heterocycles. The Morgan fingerprint density at radius 2 is 2.29 bits per heavy atom. The maximum atomic E-state index is 14.0. The van der Waals surface area contributed by atoms with Gasteiger partial charge in [-0.15, -0.1) is 0 Å². The number of anilines is 1. The van der Waals surface area contributed by atoms with Crippen molar-refractivity contribution in [2.45, 2.75) is 19.1 Å². The molecule has 0 radical (unpaired) electrons. The molecule has 3 aromatic rings. The van der Waals surface area contributed by atoms with Gasteiger partial charge in [0.05, 0.1) is 12.7 Å². The lowest BCUT2D eigenvalue weighted by Gasteiger charge is -2.21. The lowest BCUT2D eigenvalue weighted by molar-refractivity contribution is 0.0933. The summed E-state index contributed by atoms with van der Waals surface area (Å²) < 4.78 is 21.4. The highest BCUT2D eigenvalue weighted by molar-refractivity contribution is 5.99. The molecule has 1 aliphatic rings. The summed E-state index contributed by atoms with van der Waals surface area (Å²) in [6.07, 6.45) is 2.75. The van der Waals surface area contributed by atoms with Gasteiger partial charge in [-0.1, -0.05) is 0 Å². The van der Waals surface area contributed by atoms with Crippen molar-refractivity contribution in [2.24, 2.45) is 0 Å².